The molecule has 0 bridgehead atoms. The lowest BCUT2D eigenvalue weighted by molar-refractivity contribution is -0.258. The van der Waals surface area contributed by atoms with Crippen LogP contribution in [0.5, 0.6) is 5.88 Å². The molecule has 4 rings (SSSR count). The third-order valence-electron chi connectivity index (χ3n) is 6.28. The summed E-state index contributed by atoms with van der Waals surface area (Å²) in [7, 11) is -2.18. The monoisotopic (exact) mass is 541 g/mol. The van der Waals surface area contributed by atoms with Crippen molar-refractivity contribution in [3.8, 4) is 5.88 Å². The number of hydrogen-bond donors (Lipinski definition) is 1. The number of nitrogens with zero attached hydrogens (tertiary/aromatic N) is 3. The molecule has 2 atom stereocenters. The molecule has 7 nitrogen and oxygen atoms in total. The van der Waals surface area contributed by atoms with E-state index in [1.807, 2.05) is 11.0 Å². The number of aliphatic hydroxyl groups is 1. The fraction of sp³-hybridized carbons (Fsp3) is 0.375. The van der Waals surface area contributed by atoms with Gasteiger partial charge in [-0.3, -0.25) is 0 Å². The minimum Gasteiger partial charge on any atom is -0.481 e. The third kappa shape index (κ3) is 5.22. The number of hydrogen-bond acceptors (Lipinski definition) is 7. The van der Waals surface area contributed by atoms with Crippen LogP contribution < -0.4 is 9.64 Å². The maximum atomic E-state index is 13.3. The van der Waals surface area contributed by atoms with Crippen LogP contribution in [0, 0.1) is 0 Å². The van der Waals surface area contributed by atoms with Crippen molar-refractivity contribution in [2.75, 3.05) is 31.6 Å². The van der Waals surface area contributed by atoms with Crippen LogP contribution in [0.4, 0.5) is 18.9 Å². The van der Waals surface area contributed by atoms with E-state index in [0.29, 0.717) is 37.2 Å². The molecule has 194 valence electrons. The molecule has 1 aliphatic rings. The average molecular weight is 542 g/mol. The number of sulfonamides is 1. The molecule has 0 radical (unpaired) electrons. The molecule has 0 saturated carbocycles. The van der Waals surface area contributed by atoms with Gasteiger partial charge in [0.15, 0.2) is 5.60 Å². The standard InChI is InChI=1S/C24H26F3N3O4S2/c1-23(31,24(25,26)27)17-8-10-19(11-9-17)30-13-12-29(36(32,33)22-7-4-14-35-22)16-20(30)15-18-5-3-6-21(28-18)34-2/h3-11,14,20,31H,12-13,15-16H2,1-2H3/t20-,23?/m0/s1. The van der Waals surface area contributed by atoms with Crippen molar-refractivity contribution >= 4 is 27.0 Å². The van der Waals surface area contributed by atoms with Crippen LogP contribution in [0.25, 0.3) is 0 Å². The number of rotatable bonds is 7. The number of thiophene rings is 1. The Morgan fingerprint density at radius 1 is 1.11 bits per heavy atom. The predicted octanol–water partition coefficient (Wildman–Crippen LogP) is 4.04. The van der Waals surface area contributed by atoms with Crippen LogP contribution in [0.3, 0.4) is 0 Å². The lowest BCUT2D eigenvalue weighted by atomic mass is 9.95. The topological polar surface area (TPSA) is 83.0 Å². The van der Waals surface area contributed by atoms with E-state index in [0.717, 1.165) is 11.3 Å². The van der Waals surface area contributed by atoms with Crippen LogP contribution in [0.2, 0.25) is 0 Å². The zero-order valence-corrected chi connectivity index (χ0v) is 21.3. The largest absolute Gasteiger partial charge is 0.481 e. The molecular formula is C24H26F3N3O4S2. The summed E-state index contributed by atoms with van der Waals surface area (Å²) in [6, 6.07) is 13.8. The smallest absolute Gasteiger partial charge is 0.421 e. The molecular weight excluding hydrogens is 515 g/mol. The Labute approximate surface area is 211 Å². The SMILES string of the molecule is COc1cccc(C[C@H]2CN(S(=O)(=O)c3cccs3)CCN2c2ccc(C(C)(O)C(F)(F)F)cc2)n1. The first-order valence-electron chi connectivity index (χ1n) is 11.1. The van der Waals surface area contributed by atoms with Crippen LogP contribution in [-0.2, 0) is 22.0 Å². The molecule has 0 spiro atoms. The number of alkyl halides is 3. The summed E-state index contributed by atoms with van der Waals surface area (Å²) in [5.41, 5.74) is -1.94. The highest BCUT2D eigenvalue weighted by molar-refractivity contribution is 7.91. The van der Waals surface area contributed by atoms with Crippen molar-refractivity contribution in [2.45, 2.75) is 35.4 Å². The van der Waals surface area contributed by atoms with Gasteiger partial charge in [0.05, 0.1) is 7.11 Å². The molecule has 3 aromatic rings. The summed E-state index contributed by atoms with van der Waals surface area (Å²) >= 11 is 1.15. The molecule has 1 N–H and O–H groups in total. The molecule has 1 unspecified atom stereocenters. The van der Waals surface area contributed by atoms with Crippen molar-refractivity contribution in [1.82, 2.24) is 9.29 Å². The third-order valence-corrected chi connectivity index (χ3v) is 9.52. The van der Waals surface area contributed by atoms with Crippen LogP contribution in [0.1, 0.15) is 18.2 Å². The first-order chi connectivity index (χ1) is 16.9. The zero-order chi connectivity index (χ0) is 26.1. The van der Waals surface area contributed by atoms with Gasteiger partial charge in [-0.15, -0.1) is 11.3 Å². The van der Waals surface area contributed by atoms with E-state index in [1.54, 1.807) is 29.6 Å². The molecule has 0 aliphatic carbocycles. The number of anilines is 1. The van der Waals surface area contributed by atoms with Crippen molar-refractivity contribution in [1.29, 1.82) is 0 Å². The van der Waals surface area contributed by atoms with Gasteiger partial charge in [0.2, 0.25) is 5.88 Å². The number of halogens is 3. The molecule has 1 saturated heterocycles. The molecule has 1 fully saturated rings. The number of pyridine rings is 1. The summed E-state index contributed by atoms with van der Waals surface area (Å²) in [6.45, 7) is 1.42. The molecule has 1 aromatic carbocycles. The van der Waals surface area contributed by atoms with Crippen LogP contribution >= 0.6 is 11.3 Å². The van der Waals surface area contributed by atoms with Gasteiger partial charge in [-0.25, -0.2) is 13.4 Å². The van der Waals surface area contributed by atoms with E-state index < -0.39 is 21.8 Å². The van der Waals surface area contributed by atoms with Gasteiger partial charge < -0.3 is 14.7 Å². The van der Waals surface area contributed by atoms with Crippen molar-refractivity contribution < 1.29 is 31.4 Å². The Bertz CT molecular complexity index is 1280. The zero-order valence-electron chi connectivity index (χ0n) is 19.6. The molecule has 12 heteroatoms. The van der Waals surface area contributed by atoms with Crippen molar-refractivity contribution in [2.24, 2.45) is 0 Å². The second-order valence-corrected chi connectivity index (χ2v) is 11.7. The van der Waals surface area contributed by atoms with Gasteiger partial charge in [0.25, 0.3) is 10.0 Å². The Morgan fingerprint density at radius 3 is 2.44 bits per heavy atom. The average Bonchev–Trinajstić information content (AvgIpc) is 3.40. The summed E-state index contributed by atoms with van der Waals surface area (Å²) in [6.07, 6.45) is -4.44. The quantitative estimate of drug-likeness (QED) is 0.486. The number of benzene rings is 1. The molecule has 3 heterocycles. The van der Waals surface area contributed by atoms with Crippen LogP contribution in [0.15, 0.2) is 64.2 Å². The van der Waals surface area contributed by atoms with Gasteiger partial charge >= 0.3 is 6.18 Å². The van der Waals surface area contributed by atoms with E-state index in [1.165, 1.54) is 35.7 Å². The molecule has 0 amide bonds. The van der Waals surface area contributed by atoms with E-state index >= 15 is 0 Å². The maximum absolute atomic E-state index is 13.3. The van der Waals surface area contributed by atoms with Gasteiger partial charge in [-0.2, -0.15) is 17.5 Å². The second kappa shape index (κ2) is 10.0. The van der Waals surface area contributed by atoms with E-state index in [-0.39, 0.29) is 28.9 Å². The number of methoxy groups -OCH3 is 1. The normalized spacial score (nSPS) is 19.2. The molecule has 2 aromatic heterocycles. The maximum Gasteiger partial charge on any atom is 0.421 e. The van der Waals surface area contributed by atoms with Crippen molar-refractivity contribution in [3.63, 3.8) is 0 Å². The summed E-state index contributed by atoms with van der Waals surface area (Å²) in [5, 5.41) is 11.7. The number of piperazine rings is 1. The summed E-state index contributed by atoms with van der Waals surface area (Å²) < 4.78 is 73.1. The fourth-order valence-electron chi connectivity index (χ4n) is 4.16. The number of aromatic nitrogens is 1. The van der Waals surface area contributed by atoms with Gasteiger partial charge in [0.1, 0.15) is 4.21 Å². The van der Waals surface area contributed by atoms with E-state index in [9.17, 15) is 26.7 Å². The Morgan fingerprint density at radius 2 is 1.83 bits per heavy atom. The first kappa shape index (κ1) is 26.4. The predicted molar refractivity (Wildman–Crippen MR) is 131 cm³/mol. The fourth-order valence-corrected chi connectivity index (χ4v) is 6.78. The Hall–Kier alpha value is -2.67. The van der Waals surface area contributed by atoms with Crippen molar-refractivity contribution in [3.05, 3.63) is 71.2 Å². The minimum atomic E-state index is -4.82. The second-order valence-electron chi connectivity index (χ2n) is 8.63. The molecule has 1 aliphatic heterocycles. The van der Waals surface area contributed by atoms with Gasteiger partial charge in [0, 0.05) is 49.5 Å². The van der Waals surface area contributed by atoms with E-state index in [4.69, 9.17) is 4.74 Å². The highest BCUT2D eigenvalue weighted by Crippen LogP contribution is 2.39. The number of ether oxygens (including phenoxy) is 1. The summed E-state index contributed by atoms with van der Waals surface area (Å²) in [5.74, 6) is 0.427. The summed E-state index contributed by atoms with van der Waals surface area (Å²) in [4.78, 5) is 6.42. The minimum absolute atomic E-state index is 0.168. The van der Waals surface area contributed by atoms with Gasteiger partial charge in [-0.05, 0) is 42.1 Å². The van der Waals surface area contributed by atoms with Crippen LogP contribution in [-0.4, -0.2) is 61.8 Å². The van der Waals surface area contributed by atoms with E-state index in [2.05, 4.69) is 4.98 Å². The Kier molecular flexibility index (Phi) is 7.33. The highest BCUT2D eigenvalue weighted by Gasteiger charge is 2.51. The first-order valence-corrected chi connectivity index (χ1v) is 13.5. The highest BCUT2D eigenvalue weighted by atomic mass is 32.2. The Balaban J connectivity index is 1.64. The van der Waals surface area contributed by atoms with Gasteiger partial charge in [-0.1, -0.05) is 24.3 Å². The molecule has 36 heavy (non-hydrogen) atoms. The lowest BCUT2D eigenvalue weighted by Gasteiger charge is -2.42. The lowest BCUT2D eigenvalue weighted by Crippen LogP contribution is -2.55.